The maximum atomic E-state index is 12.1. The smallest absolute Gasteiger partial charge is 0.450 e. The molecule has 0 aromatic heterocycles. The second-order valence-corrected chi connectivity index (χ2v) is 7.97. The number of benzene rings is 1. The minimum absolute atomic E-state index is 0.303. The Morgan fingerprint density at radius 2 is 2.04 bits per heavy atom. The second-order valence-electron chi connectivity index (χ2n) is 5.90. The van der Waals surface area contributed by atoms with Gasteiger partial charge >= 0.3 is 13.9 Å². The highest BCUT2D eigenvalue weighted by Gasteiger charge is 2.29. The van der Waals surface area contributed by atoms with Crippen molar-refractivity contribution < 1.29 is 28.4 Å². The summed E-state index contributed by atoms with van der Waals surface area (Å²) in [4.78, 5) is 31.2. The number of carbonyl (C=O) groups excluding carboxylic acids is 1. The van der Waals surface area contributed by atoms with Crippen molar-refractivity contribution >= 4 is 25.7 Å². The van der Waals surface area contributed by atoms with E-state index in [0.717, 1.165) is 30.6 Å². The van der Waals surface area contributed by atoms with Crippen LogP contribution in [0.15, 0.2) is 29.2 Å². The lowest BCUT2D eigenvalue weighted by molar-refractivity contribution is 0.0992. The van der Waals surface area contributed by atoms with Gasteiger partial charge in [0, 0.05) is 4.90 Å². The standard InChI is InChI=1S/C17H28NO6PS/c1-4-5-6-7-11-23-17(19)18-16(13(2)24-25(20,21)22)14-9-8-10-15(12-14)26-3/h8-10,12-13,16H,4-7,11H2,1-3H3,(H,18,19)(H2,20,21,22)/t13-,16-/m0/s1. The van der Waals surface area contributed by atoms with Crippen LogP contribution in [-0.4, -0.2) is 34.8 Å². The average molecular weight is 405 g/mol. The first kappa shape index (κ1) is 23.0. The number of nitrogens with one attached hydrogen (secondary N) is 1. The van der Waals surface area contributed by atoms with E-state index in [9.17, 15) is 9.36 Å². The molecule has 3 N–H and O–H groups in total. The van der Waals surface area contributed by atoms with E-state index in [-0.39, 0.29) is 0 Å². The molecule has 1 amide bonds. The summed E-state index contributed by atoms with van der Waals surface area (Å²) >= 11 is 1.53. The van der Waals surface area contributed by atoms with Gasteiger partial charge < -0.3 is 19.8 Å². The third-order valence-corrected chi connectivity index (χ3v) is 5.06. The maximum Gasteiger partial charge on any atom is 0.469 e. The molecule has 0 aliphatic heterocycles. The van der Waals surface area contributed by atoms with Gasteiger partial charge in [0.15, 0.2) is 0 Å². The van der Waals surface area contributed by atoms with E-state index in [1.54, 1.807) is 6.07 Å². The van der Waals surface area contributed by atoms with Crippen LogP contribution < -0.4 is 5.32 Å². The van der Waals surface area contributed by atoms with Gasteiger partial charge in [-0.2, -0.15) is 0 Å². The monoisotopic (exact) mass is 405 g/mol. The van der Waals surface area contributed by atoms with Gasteiger partial charge in [-0.1, -0.05) is 38.3 Å². The number of amides is 1. The lowest BCUT2D eigenvalue weighted by Gasteiger charge is -2.26. The molecule has 0 saturated carbocycles. The summed E-state index contributed by atoms with van der Waals surface area (Å²) in [5.41, 5.74) is 0.681. The van der Waals surface area contributed by atoms with E-state index >= 15 is 0 Å². The van der Waals surface area contributed by atoms with Gasteiger partial charge in [-0.05, 0) is 37.3 Å². The van der Waals surface area contributed by atoms with Crippen molar-refractivity contribution in [3.05, 3.63) is 29.8 Å². The molecule has 26 heavy (non-hydrogen) atoms. The molecule has 0 saturated heterocycles. The average Bonchev–Trinajstić information content (AvgIpc) is 2.58. The van der Waals surface area contributed by atoms with E-state index in [1.807, 2.05) is 24.5 Å². The first-order valence-electron chi connectivity index (χ1n) is 8.58. The van der Waals surface area contributed by atoms with Crippen LogP contribution in [0.1, 0.15) is 51.1 Å². The van der Waals surface area contributed by atoms with E-state index in [1.165, 1.54) is 18.7 Å². The van der Waals surface area contributed by atoms with Crippen molar-refractivity contribution in [1.29, 1.82) is 0 Å². The summed E-state index contributed by atoms with van der Waals surface area (Å²) in [5, 5.41) is 2.66. The maximum absolute atomic E-state index is 12.1. The predicted octanol–water partition coefficient (Wildman–Crippen LogP) is 4.25. The van der Waals surface area contributed by atoms with Crippen LogP contribution in [-0.2, 0) is 13.8 Å². The molecule has 7 nitrogen and oxygen atoms in total. The number of phosphoric acid groups is 1. The Morgan fingerprint density at radius 1 is 1.31 bits per heavy atom. The molecular formula is C17H28NO6PS. The number of ether oxygens (including phenoxy) is 1. The summed E-state index contributed by atoms with van der Waals surface area (Å²) in [7, 11) is -4.69. The summed E-state index contributed by atoms with van der Waals surface area (Å²) < 4.78 is 21.1. The molecule has 0 aliphatic carbocycles. The Hall–Kier alpha value is -1.05. The van der Waals surface area contributed by atoms with Crippen molar-refractivity contribution in [2.75, 3.05) is 12.9 Å². The summed E-state index contributed by atoms with van der Waals surface area (Å²) in [6.07, 6.45) is 4.28. The van der Waals surface area contributed by atoms with Gasteiger partial charge in [0.05, 0.1) is 18.8 Å². The fraction of sp³-hybridized carbons (Fsp3) is 0.588. The van der Waals surface area contributed by atoms with Crippen LogP contribution >= 0.6 is 19.6 Å². The van der Waals surface area contributed by atoms with Crippen LogP contribution in [0.3, 0.4) is 0 Å². The molecule has 9 heteroatoms. The first-order valence-corrected chi connectivity index (χ1v) is 11.3. The Kier molecular flexibility index (Phi) is 10.3. The molecule has 0 heterocycles. The van der Waals surface area contributed by atoms with Crippen LogP contribution in [0.4, 0.5) is 4.79 Å². The summed E-state index contributed by atoms with van der Waals surface area (Å²) in [6, 6.07) is 6.59. The molecule has 0 aliphatic rings. The van der Waals surface area contributed by atoms with Crippen LogP contribution in [0.5, 0.6) is 0 Å². The van der Waals surface area contributed by atoms with Gasteiger partial charge in [0.1, 0.15) is 0 Å². The molecule has 1 aromatic carbocycles. The third-order valence-electron chi connectivity index (χ3n) is 3.73. The summed E-state index contributed by atoms with van der Waals surface area (Å²) in [6.45, 7) is 3.90. The Morgan fingerprint density at radius 3 is 2.65 bits per heavy atom. The van der Waals surface area contributed by atoms with Crippen molar-refractivity contribution in [3.8, 4) is 0 Å². The molecule has 0 fully saturated rings. The largest absolute Gasteiger partial charge is 0.469 e. The zero-order valence-electron chi connectivity index (χ0n) is 15.4. The number of thioether (sulfide) groups is 1. The van der Waals surface area contributed by atoms with Gasteiger partial charge in [-0.3, -0.25) is 4.52 Å². The number of hydrogen-bond acceptors (Lipinski definition) is 5. The molecule has 0 radical (unpaired) electrons. The quantitative estimate of drug-likeness (QED) is 0.287. The number of phosphoric ester groups is 1. The van der Waals surface area contributed by atoms with E-state index in [0.29, 0.717) is 12.2 Å². The highest BCUT2D eigenvalue weighted by Crippen LogP contribution is 2.40. The van der Waals surface area contributed by atoms with Crippen molar-refractivity contribution in [3.63, 3.8) is 0 Å². The van der Waals surface area contributed by atoms with Gasteiger partial charge in [-0.15, -0.1) is 11.8 Å². The molecule has 0 spiro atoms. The third kappa shape index (κ3) is 9.05. The van der Waals surface area contributed by atoms with E-state index in [4.69, 9.17) is 19.0 Å². The number of hydrogen-bond donors (Lipinski definition) is 3. The summed E-state index contributed by atoms with van der Waals surface area (Å²) in [5.74, 6) is 0. The minimum atomic E-state index is -4.69. The van der Waals surface area contributed by atoms with E-state index in [2.05, 4.69) is 12.2 Å². The van der Waals surface area contributed by atoms with Gasteiger partial charge in [-0.25, -0.2) is 9.36 Å². The molecule has 0 unspecified atom stereocenters. The van der Waals surface area contributed by atoms with E-state index < -0.39 is 26.1 Å². The molecule has 0 bridgehead atoms. The van der Waals surface area contributed by atoms with Crippen molar-refractivity contribution in [2.45, 2.75) is 56.6 Å². The van der Waals surface area contributed by atoms with Crippen molar-refractivity contribution in [2.24, 2.45) is 0 Å². The number of rotatable bonds is 11. The highest BCUT2D eigenvalue weighted by molar-refractivity contribution is 7.98. The zero-order valence-corrected chi connectivity index (χ0v) is 17.1. The lowest BCUT2D eigenvalue weighted by atomic mass is 10.0. The van der Waals surface area contributed by atoms with Crippen molar-refractivity contribution in [1.82, 2.24) is 5.32 Å². The normalized spacial score (nSPS) is 13.9. The van der Waals surface area contributed by atoms with Crippen LogP contribution in [0, 0.1) is 0 Å². The molecule has 148 valence electrons. The second kappa shape index (κ2) is 11.6. The first-order chi connectivity index (χ1) is 12.3. The minimum Gasteiger partial charge on any atom is -0.450 e. The molecule has 1 aromatic rings. The zero-order chi connectivity index (χ0) is 19.6. The van der Waals surface area contributed by atoms with Gasteiger partial charge in [0.2, 0.25) is 0 Å². The van der Waals surface area contributed by atoms with Crippen LogP contribution in [0.2, 0.25) is 0 Å². The Bertz CT molecular complexity index is 609. The fourth-order valence-electron chi connectivity index (χ4n) is 2.45. The molecule has 1 rings (SSSR count). The number of alkyl carbamates (subject to hydrolysis) is 1. The Balaban J connectivity index is 2.80. The molecule has 2 atom stereocenters. The van der Waals surface area contributed by atoms with Gasteiger partial charge in [0.25, 0.3) is 0 Å². The molecular weight excluding hydrogens is 377 g/mol. The fourth-order valence-corrected chi connectivity index (χ4v) is 3.47. The highest BCUT2D eigenvalue weighted by atomic mass is 32.2. The predicted molar refractivity (Wildman–Crippen MR) is 102 cm³/mol. The SMILES string of the molecule is CCCCCCOC(=O)N[C@H](c1cccc(SC)c1)[C@H](C)OP(=O)(O)O. The lowest BCUT2D eigenvalue weighted by Crippen LogP contribution is -2.36. The Labute approximate surface area is 159 Å². The topological polar surface area (TPSA) is 105 Å². The number of unbranched alkanes of at least 4 members (excludes halogenated alkanes) is 3. The van der Waals surface area contributed by atoms with Crippen LogP contribution in [0.25, 0.3) is 0 Å². The number of carbonyl (C=O) groups is 1.